The molecule has 0 radical (unpaired) electrons. The minimum absolute atomic E-state index is 0.0632. The minimum Gasteiger partial charge on any atom is -0.294 e. The Balaban J connectivity index is 1.95. The van der Waals surface area contributed by atoms with E-state index in [-0.39, 0.29) is 5.78 Å². The van der Waals surface area contributed by atoms with Gasteiger partial charge in [0.1, 0.15) is 6.33 Å². The molecule has 2 heterocycles. The first kappa shape index (κ1) is 16.6. The zero-order valence-corrected chi connectivity index (χ0v) is 14.3. The van der Waals surface area contributed by atoms with Crippen LogP contribution < -0.4 is 0 Å². The first-order valence-electron chi connectivity index (χ1n) is 7.35. The lowest BCUT2D eigenvalue weighted by Crippen LogP contribution is -1.98. The third kappa shape index (κ3) is 3.45. The highest BCUT2D eigenvalue weighted by molar-refractivity contribution is 6.42. The van der Waals surface area contributed by atoms with Crippen LogP contribution >= 0.6 is 23.2 Å². The fraction of sp³-hybridized carbons (Fsp3) is 0.111. The molecule has 0 N–H and O–H groups in total. The van der Waals surface area contributed by atoms with Gasteiger partial charge in [-0.3, -0.25) is 9.78 Å². The van der Waals surface area contributed by atoms with Crippen LogP contribution in [0.1, 0.15) is 23.7 Å². The highest BCUT2D eigenvalue weighted by atomic mass is 35.5. The van der Waals surface area contributed by atoms with Crippen molar-refractivity contribution in [3.05, 3.63) is 64.5 Å². The van der Waals surface area contributed by atoms with E-state index in [4.69, 9.17) is 23.2 Å². The summed E-state index contributed by atoms with van der Waals surface area (Å²) in [5.74, 6) is 0.0632. The summed E-state index contributed by atoms with van der Waals surface area (Å²) in [5.41, 5.74) is 3.49. The summed E-state index contributed by atoms with van der Waals surface area (Å²) in [6.07, 6.45) is 3.50. The van der Waals surface area contributed by atoms with Crippen LogP contribution in [0.3, 0.4) is 0 Å². The topological polar surface area (TPSA) is 55.7 Å². The average molecular weight is 358 g/mol. The van der Waals surface area contributed by atoms with Crippen molar-refractivity contribution in [2.75, 3.05) is 0 Å². The van der Waals surface area contributed by atoms with Crippen LogP contribution in [0.2, 0.25) is 10.0 Å². The predicted molar refractivity (Wildman–Crippen MR) is 95.3 cm³/mol. The number of hydrogen-bond acceptors (Lipinski definition) is 4. The molecule has 0 saturated carbocycles. The molecule has 0 bridgehead atoms. The molecule has 0 saturated heterocycles. The number of pyridine rings is 1. The van der Waals surface area contributed by atoms with Crippen molar-refractivity contribution in [1.82, 2.24) is 15.0 Å². The quantitative estimate of drug-likeness (QED) is 0.609. The normalized spacial score (nSPS) is 10.6. The van der Waals surface area contributed by atoms with Crippen molar-refractivity contribution in [2.24, 2.45) is 0 Å². The van der Waals surface area contributed by atoms with E-state index in [0.29, 0.717) is 39.1 Å². The van der Waals surface area contributed by atoms with Crippen LogP contribution in [0.5, 0.6) is 0 Å². The maximum atomic E-state index is 11.7. The summed E-state index contributed by atoms with van der Waals surface area (Å²) < 4.78 is 0. The molecule has 6 heteroatoms. The fourth-order valence-corrected chi connectivity index (χ4v) is 2.52. The van der Waals surface area contributed by atoms with Crippen LogP contribution in [-0.4, -0.2) is 20.7 Å². The second kappa shape index (κ2) is 7.07. The van der Waals surface area contributed by atoms with Gasteiger partial charge < -0.3 is 0 Å². The Morgan fingerprint density at radius 2 is 1.71 bits per heavy atom. The number of halogens is 2. The molecule has 2 aromatic heterocycles. The van der Waals surface area contributed by atoms with Crippen molar-refractivity contribution in [2.45, 2.75) is 13.3 Å². The smallest absolute Gasteiger partial charge is 0.164 e. The maximum Gasteiger partial charge on any atom is 0.164 e. The highest BCUT2D eigenvalue weighted by Crippen LogP contribution is 2.28. The van der Waals surface area contributed by atoms with Gasteiger partial charge in [-0.1, -0.05) is 36.2 Å². The number of nitrogens with zero attached hydrogens (tertiary/aromatic N) is 3. The third-order valence-electron chi connectivity index (χ3n) is 3.55. The molecular weight excluding hydrogens is 345 g/mol. The average Bonchev–Trinajstić information content (AvgIpc) is 2.63. The van der Waals surface area contributed by atoms with Gasteiger partial charge in [0.05, 0.1) is 27.1 Å². The second-order valence-corrected chi connectivity index (χ2v) is 5.94. The Labute approximate surface area is 149 Å². The Bertz CT molecular complexity index is 895. The zero-order chi connectivity index (χ0) is 17.1. The Kier molecular flexibility index (Phi) is 4.88. The van der Waals surface area contributed by atoms with Gasteiger partial charge in [-0.25, -0.2) is 9.97 Å². The molecule has 3 aromatic rings. The molecule has 0 spiro atoms. The lowest BCUT2D eigenvalue weighted by Gasteiger charge is -2.05. The van der Waals surface area contributed by atoms with E-state index >= 15 is 0 Å². The summed E-state index contributed by atoms with van der Waals surface area (Å²) in [5, 5.41) is 0.961. The Hall–Kier alpha value is -2.30. The van der Waals surface area contributed by atoms with E-state index in [1.807, 2.05) is 19.1 Å². The van der Waals surface area contributed by atoms with Crippen LogP contribution in [0, 0.1) is 0 Å². The van der Waals surface area contributed by atoms with Gasteiger partial charge in [0.15, 0.2) is 5.78 Å². The number of aromatic nitrogens is 3. The number of rotatable bonds is 4. The molecule has 0 unspecified atom stereocenters. The molecule has 3 rings (SSSR count). The number of hydrogen-bond donors (Lipinski definition) is 0. The van der Waals surface area contributed by atoms with Crippen LogP contribution in [0.25, 0.3) is 22.6 Å². The van der Waals surface area contributed by atoms with Crippen molar-refractivity contribution >= 4 is 29.0 Å². The van der Waals surface area contributed by atoms with Crippen LogP contribution in [0.4, 0.5) is 0 Å². The SMILES string of the molecule is CCC(=O)c1ccc(-c2cc(-c3ccc(Cl)c(Cl)c3)ncn2)nc1. The number of ketones is 1. The molecule has 120 valence electrons. The van der Waals surface area contributed by atoms with E-state index in [1.165, 1.54) is 6.33 Å². The van der Waals surface area contributed by atoms with E-state index in [2.05, 4.69) is 15.0 Å². The Morgan fingerprint density at radius 3 is 2.38 bits per heavy atom. The first-order chi connectivity index (χ1) is 11.6. The number of Topliss-reactive ketones (excluding diaryl/α,β-unsaturated/α-hetero) is 1. The maximum absolute atomic E-state index is 11.7. The van der Waals surface area contributed by atoms with Crippen molar-refractivity contribution in [3.8, 4) is 22.6 Å². The second-order valence-electron chi connectivity index (χ2n) is 5.13. The van der Waals surface area contributed by atoms with E-state index in [9.17, 15) is 4.79 Å². The van der Waals surface area contributed by atoms with E-state index < -0.39 is 0 Å². The van der Waals surface area contributed by atoms with Gasteiger partial charge in [0.2, 0.25) is 0 Å². The summed E-state index contributed by atoms with van der Waals surface area (Å²) in [6.45, 7) is 1.82. The number of carbonyl (C=O) groups is 1. The predicted octanol–water partition coefficient (Wildman–Crippen LogP) is 5.11. The summed E-state index contributed by atoms with van der Waals surface area (Å²) in [6, 6.07) is 10.7. The lowest BCUT2D eigenvalue weighted by atomic mass is 10.1. The molecule has 4 nitrogen and oxygen atoms in total. The van der Waals surface area contributed by atoms with Crippen LogP contribution in [-0.2, 0) is 0 Å². The summed E-state index contributed by atoms with van der Waals surface area (Å²) in [4.78, 5) is 24.5. The standard InChI is InChI=1S/C18H13Cl2N3O/c1-2-18(24)12-4-6-15(21-9-12)17-8-16(22-10-23-17)11-3-5-13(19)14(20)7-11/h3-10H,2H2,1H3. The van der Waals surface area contributed by atoms with Gasteiger partial charge in [0, 0.05) is 23.7 Å². The summed E-state index contributed by atoms with van der Waals surface area (Å²) in [7, 11) is 0. The van der Waals surface area contributed by atoms with Crippen LogP contribution in [0.15, 0.2) is 48.9 Å². The van der Waals surface area contributed by atoms with E-state index in [0.717, 1.165) is 5.56 Å². The molecule has 1 aromatic carbocycles. The Morgan fingerprint density at radius 1 is 0.917 bits per heavy atom. The molecular formula is C18H13Cl2N3O. The van der Waals surface area contributed by atoms with Gasteiger partial charge in [0.25, 0.3) is 0 Å². The number of carbonyl (C=O) groups excluding carboxylic acids is 1. The minimum atomic E-state index is 0.0632. The van der Waals surface area contributed by atoms with E-state index in [1.54, 1.807) is 30.5 Å². The molecule has 0 aliphatic carbocycles. The first-order valence-corrected chi connectivity index (χ1v) is 8.11. The van der Waals surface area contributed by atoms with Gasteiger partial charge >= 0.3 is 0 Å². The van der Waals surface area contributed by atoms with Crippen molar-refractivity contribution < 1.29 is 4.79 Å². The highest BCUT2D eigenvalue weighted by Gasteiger charge is 2.09. The monoisotopic (exact) mass is 357 g/mol. The molecule has 0 atom stereocenters. The molecule has 0 fully saturated rings. The van der Waals surface area contributed by atoms with Gasteiger partial charge in [-0.05, 0) is 30.3 Å². The van der Waals surface area contributed by atoms with Crippen molar-refractivity contribution in [3.63, 3.8) is 0 Å². The molecule has 0 aliphatic rings. The fourth-order valence-electron chi connectivity index (χ4n) is 2.23. The zero-order valence-electron chi connectivity index (χ0n) is 12.8. The molecule has 24 heavy (non-hydrogen) atoms. The van der Waals surface area contributed by atoms with Gasteiger partial charge in [-0.15, -0.1) is 0 Å². The van der Waals surface area contributed by atoms with Crippen molar-refractivity contribution in [1.29, 1.82) is 0 Å². The third-order valence-corrected chi connectivity index (χ3v) is 4.29. The molecule has 0 amide bonds. The van der Waals surface area contributed by atoms with Gasteiger partial charge in [-0.2, -0.15) is 0 Å². The summed E-state index contributed by atoms with van der Waals surface area (Å²) >= 11 is 12.0. The number of benzene rings is 1. The molecule has 0 aliphatic heterocycles. The largest absolute Gasteiger partial charge is 0.294 e. The lowest BCUT2D eigenvalue weighted by molar-refractivity contribution is 0.0988.